The first-order chi connectivity index (χ1) is 11.8. The molecule has 2 aromatic rings. The first-order valence-corrected chi connectivity index (χ1v) is 8.84. The summed E-state index contributed by atoms with van der Waals surface area (Å²) in [4.78, 5) is 16.3. The Bertz CT molecular complexity index is 864. The number of rotatable bonds is 3. The molecule has 3 rings (SSSR count). The van der Waals surface area contributed by atoms with Crippen LogP contribution < -0.4 is 11.1 Å². The summed E-state index contributed by atoms with van der Waals surface area (Å²) in [5, 5.41) is 6.05. The number of nitrogens with zero attached hydrogens (tertiary/aromatic N) is 2. The van der Waals surface area contributed by atoms with E-state index >= 15 is 0 Å². The van der Waals surface area contributed by atoms with E-state index in [0.29, 0.717) is 5.69 Å². The topological polar surface area (TPSA) is 111 Å². The van der Waals surface area contributed by atoms with E-state index in [1.165, 1.54) is 30.5 Å². The van der Waals surface area contributed by atoms with Crippen LogP contribution in [0, 0.1) is 5.82 Å². The largest absolute Gasteiger partial charge is 0.386 e. The summed E-state index contributed by atoms with van der Waals surface area (Å²) in [5.41, 5.74) is 6.50. The van der Waals surface area contributed by atoms with Crippen molar-refractivity contribution in [2.75, 3.05) is 11.1 Å². The predicted octanol–water partition coefficient (Wildman–Crippen LogP) is 2.01. The van der Waals surface area contributed by atoms with E-state index in [0.717, 1.165) is 0 Å². The Morgan fingerprint density at radius 3 is 2.84 bits per heavy atom. The van der Waals surface area contributed by atoms with Crippen molar-refractivity contribution in [3.63, 3.8) is 0 Å². The van der Waals surface area contributed by atoms with Crippen LogP contribution in [0.1, 0.15) is 36.0 Å². The van der Waals surface area contributed by atoms with Crippen molar-refractivity contribution in [2.45, 2.75) is 24.6 Å². The summed E-state index contributed by atoms with van der Waals surface area (Å²) in [6.07, 6.45) is 1.35. The van der Waals surface area contributed by atoms with E-state index in [1.807, 2.05) is 0 Å². The maximum Gasteiger partial charge on any atom is 0.294 e. The van der Waals surface area contributed by atoms with Crippen LogP contribution in [0.4, 0.5) is 10.1 Å². The quantitative estimate of drug-likeness (QED) is 0.865. The zero-order valence-electron chi connectivity index (χ0n) is 13.7. The van der Waals surface area contributed by atoms with E-state index in [1.54, 1.807) is 13.8 Å². The van der Waals surface area contributed by atoms with E-state index < -0.39 is 33.3 Å². The van der Waals surface area contributed by atoms with Gasteiger partial charge >= 0.3 is 0 Å². The lowest BCUT2D eigenvalue weighted by molar-refractivity contribution is 0.0988. The highest BCUT2D eigenvalue weighted by molar-refractivity contribution is 7.87. The van der Waals surface area contributed by atoms with Crippen molar-refractivity contribution < 1.29 is 17.9 Å². The molecule has 1 amide bonds. The molecule has 2 atom stereocenters. The minimum Gasteiger partial charge on any atom is -0.386 e. The Morgan fingerprint density at radius 1 is 1.44 bits per heavy atom. The fourth-order valence-electron chi connectivity index (χ4n) is 2.39. The molecule has 7 nitrogen and oxygen atoms in total. The van der Waals surface area contributed by atoms with E-state index in [9.17, 15) is 13.4 Å². The third-order valence-corrected chi connectivity index (χ3v) is 6.03. The molecule has 1 aliphatic heterocycles. The van der Waals surface area contributed by atoms with Gasteiger partial charge in [0.1, 0.15) is 11.7 Å². The van der Waals surface area contributed by atoms with Crippen LogP contribution in [0.2, 0.25) is 0 Å². The van der Waals surface area contributed by atoms with Crippen molar-refractivity contribution >= 4 is 28.2 Å². The first-order valence-electron chi connectivity index (χ1n) is 7.52. The van der Waals surface area contributed by atoms with Crippen LogP contribution in [-0.2, 0) is 10.8 Å². The third-order valence-electron chi connectivity index (χ3n) is 4.06. The molecule has 1 aromatic heterocycles. The number of anilines is 1. The Kier molecular flexibility index (Phi) is 4.42. The molecule has 0 spiro atoms. The van der Waals surface area contributed by atoms with Crippen molar-refractivity contribution in [1.29, 1.82) is 0 Å². The van der Waals surface area contributed by atoms with Gasteiger partial charge in [0.2, 0.25) is 5.76 Å². The van der Waals surface area contributed by atoms with Crippen LogP contribution in [0.3, 0.4) is 0 Å². The Balaban J connectivity index is 1.89. The van der Waals surface area contributed by atoms with Crippen molar-refractivity contribution in [1.82, 2.24) is 5.16 Å². The molecule has 0 fully saturated rings. The number of hydrogen-bond donors (Lipinski definition) is 2. The molecule has 2 unspecified atom stereocenters. The van der Waals surface area contributed by atoms with Gasteiger partial charge in [0.05, 0.1) is 22.7 Å². The summed E-state index contributed by atoms with van der Waals surface area (Å²) >= 11 is 0. The maximum absolute atomic E-state index is 14.3. The van der Waals surface area contributed by atoms with Crippen molar-refractivity contribution in [3.05, 3.63) is 47.6 Å². The molecule has 1 aliphatic rings. The monoisotopic (exact) mass is 364 g/mol. The van der Waals surface area contributed by atoms with Gasteiger partial charge in [-0.3, -0.25) is 14.0 Å². The second kappa shape index (κ2) is 6.40. The molecule has 3 N–H and O–H groups in total. The lowest BCUT2D eigenvalue weighted by atomic mass is 10.1. The van der Waals surface area contributed by atoms with Crippen molar-refractivity contribution in [3.8, 4) is 0 Å². The van der Waals surface area contributed by atoms with Crippen LogP contribution in [0.15, 0.2) is 40.0 Å². The molecule has 0 radical (unpaired) electrons. The standard InChI is InChI=1S/C16H17FN4O3S/c1-16(2)15(18)21-12(8-25(16)23)10-7-9(3-4-11(10)17)20-14(22)13-5-6-19-24-13/h3-7,12H,8H2,1-2H3,(H2,18,21)(H,20,22). The summed E-state index contributed by atoms with van der Waals surface area (Å²) in [5.74, 6) is -0.599. The lowest BCUT2D eigenvalue weighted by Gasteiger charge is -2.31. The maximum atomic E-state index is 14.3. The summed E-state index contributed by atoms with van der Waals surface area (Å²) < 4.78 is 30.7. The van der Waals surface area contributed by atoms with Gasteiger partial charge in [-0.1, -0.05) is 5.16 Å². The molecular formula is C16H17FN4O3S. The Hall–Kier alpha value is -2.55. The van der Waals surface area contributed by atoms with Gasteiger partial charge in [0.15, 0.2) is 0 Å². The number of amidine groups is 1. The van der Waals surface area contributed by atoms with Gasteiger partial charge in [0.25, 0.3) is 5.91 Å². The number of hydrogen-bond acceptors (Lipinski definition) is 6. The molecule has 2 heterocycles. The lowest BCUT2D eigenvalue weighted by Crippen LogP contribution is -2.47. The Morgan fingerprint density at radius 2 is 2.20 bits per heavy atom. The van der Waals surface area contributed by atoms with Gasteiger partial charge in [-0.15, -0.1) is 0 Å². The summed E-state index contributed by atoms with van der Waals surface area (Å²) in [6.45, 7) is 3.48. The van der Waals surface area contributed by atoms with E-state index in [4.69, 9.17) is 10.3 Å². The predicted molar refractivity (Wildman–Crippen MR) is 92.3 cm³/mol. The van der Waals surface area contributed by atoms with Gasteiger partial charge in [0, 0.05) is 28.1 Å². The highest BCUT2D eigenvalue weighted by Crippen LogP contribution is 2.32. The number of benzene rings is 1. The average Bonchev–Trinajstić information content (AvgIpc) is 3.09. The number of amides is 1. The molecule has 0 saturated heterocycles. The molecular weight excluding hydrogens is 347 g/mol. The molecule has 132 valence electrons. The molecule has 9 heteroatoms. The van der Waals surface area contributed by atoms with Crippen LogP contribution in [0.5, 0.6) is 0 Å². The zero-order chi connectivity index (χ0) is 18.2. The number of carbonyl (C=O) groups is 1. The fraction of sp³-hybridized carbons (Fsp3) is 0.312. The zero-order valence-corrected chi connectivity index (χ0v) is 14.5. The second-order valence-corrected chi connectivity index (χ2v) is 8.16. The fourth-order valence-corrected chi connectivity index (χ4v) is 3.63. The number of aliphatic imine (C=N–C) groups is 1. The highest BCUT2D eigenvalue weighted by Gasteiger charge is 2.37. The molecule has 1 aromatic carbocycles. The van der Waals surface area contributed by atoms with Gasteiger partial charge in [-0.05, 0) is 32.0 Å². The number of aromatic nitrogens is 1. The minimum absolute atomic E-state index is 0.0358. The van der Waals surface area contributed by atoms with Gasteiger partial charge in [-0.2, -0.15) is 0 Å². The smallest absolute Gasteiger partial charge is 0.294 e. The molecule has 0 saturated carbocycles. The van der Waals surface area contributed by atoms with Gasteiger partial charge < -0.3 is 15.6 Å². The number of halogens is 1. The molecule has 0 bridgehead atoms. The highest BCUT2D eigenvalue weighted by atomic mass is 32.2. The van der Waals surface area contributed by atoms with Crippen LogP contribution in [0.25, 0.3) is 0 Å². The normalized spacial score (nSPS) is 22.3. The number of carbonyl (C=O) groups excluding carboxylic acids is 1. The SMILES string of the molecule is CC1(C)C(N)=NC(c2cc(NC(=O)c3ccno3)ccc2F)CS1=O. The number of nitrogens with two attached hydrogens (primary N) is 1. The summed E-state index contributed by atoms with van der Waals surface area (Å²) in [6, 6.07) is 4.84. The molecule has 25 heavy (non-hydrogen) atoms. The first kappa shape index (κ1) is 17.3. The van der Waals surface area contributed by atoms with Crippen LogP contribution >= 0.6 is 0 Å². The third kappa shape index (κ3) is 3.32. The van der Waals surface area contributed by atoms with Gasteiger partial charge in [-0.25, -0.2) is 4.39 Å². The summed E-state index contributed by atoms with van der Waals surface area (Å²) in [7, 11) is -1.29. The second-order valence-electron chi connectivity index (χ2n) is 6.12. The van der Waals surface area contributed by atoms with E-state index in [2.05, 4.69) is 15.5 Å². The minimum atomic E-state index is -1.29. The average molecular weight is 364 g/mol. The van der Waals surface area contributed by atoms with E-state index in [-0.39, 0.29) is 22.9 Å². The van der Waals surface area contributed by atoms with Crippen LogP contribution in [-0.4, -0.2) is 31.6 Å². The van der Waals surface area contributed by atoms with Crippen molar-refractivity contribution in [2.24, 2.45) is 10.7 Å². The molecule has 0 aliphatic carbocycles. The number of nitrogens with one attached hydrogen (secondary N) is 1. The Labute approximate surface area is 145 Å².